The molecule has 0 atom stereocenters. The minimum absolute atomic E-state index is 0.000351. The average Bonchev–Trinajstić information content (AvgIpc) is 2.40. The summed E-state index contributed by atoms with van der Waals surface area (Å²) in [6.07, 6.45) is -4.57. The van der Waals surface area contributed by atoms with E-state index in [4.69, 9.17) is 15.2 Å². The van der Waals surface area contributed by atoms with Crippen LogP contribution in [0.15, 0.2) is 36.4 Å². The smallest absolute Gasteiger partial charge is 0.420 e. The summed E-state index contributed by atoms with van der Waals surface area (Å²) in [6.45, 7) is 0. The van der Waals surface area contributed by atoms with Crippen LogP contribution in [-0.4, -0.2) is 12.1 Å². The highest BCUT2D eigenvalue weighted by atomic mass is 19.4. The first-order chi connectivity index (χ1) is 9.40. The summed E-state index contributed by atoms with van der Waals surface area (Å²) < 4.78 is 48.7. The zero-order valence-corrected chi connectivity index (χ0v) is 10.4. The number of nitrogen functional groups attached to an aromatic ring is 1. The fraction of sp³-hybridized carbons (Fsp3) is 0.154. The Kier molecular flexibility index (Phi) is 3.69. The van der Waals surface area contributed by atoms with E-state index < -0.39 is 11.7 Å². The van der Waals surface area contributed by atoms with E-state index in [-0.39, 0.29) is 23.2 Å². The number of alkyl halides is 3. The van der Waals surface area contributed by atoms with Gasteiger partial charge in [0.15, 0.2) is 0 Å². The molecule has 0 saturated heterocycles. The summed E-state index contributed by atoms with van der Waals surface area (Å²) in [5, 5.41) is 0. The van der Waals surface area contributed by atoms with Gasteiger partial charge in [-0.1, -0.05) is 6.07 Å². The lowest BCUT2D eigenvalue weighted by atomic mass is 10.1. The maximum atomic E-state index is 12.9. The molecule has 1 aromatic carbocycles. The van der Waals surface area contributed by atoms with Crippen molar-refractivity contribution in [2.45, 2.75) is 6.18 Å². The minimum atomic E-state index is -4.57. The highest BCUT2D eigenvalue weighted by molar-refractivity contribution is 5.50. The Balaban J connectivity index is 2.38. The van der Waals surface area contributed by atoms with E-state index >= 15 is 0 Å². The lowest BCUT2D eigenvalue weighted by Gasteiger charge is -2.14. The first-order valence-electron chi connectivity index (χ1n) is 5.56. The van der Waals surface area contributed by atoms with E-state index in [1.165, 1.54) is 19.2 Å². The van der Waals surface area contributed by atoms with E-state index in [1.807, 2.05) is 0 Å². The molecule has 0 unspecified atom stereocenters. The molecule has 1 heterocycles. The first kappa shape index (κ1) is 14.0. The van der Waals surface area contributed by atoms with Crippen LogP contribution in [0.3, 0.4) is 0 Å². The first-order valence-corrected chi connectivity index (χ1v) is 5.56. The quantitative estimate of drug-likeness (QED) is 0.877. The fourth-order valence-corrected chi connectivity index (χ4v) is 1.54. The van der Waals surface area contributed by atoms with Gasteiger partial charge in [-0.3, -0.25) is 0 Å². The molecular formula is C13H11F3N2O2. The third kappa shape index (κ3) is 3.11. The molecular weight excluding hydrogens is 273 g/mol. The van der Waals surface area contributed by atoms with E-state index in [1.54, 1.807) is 12.1 Å². The Bertz CT molecular complexity index is 615. The van der Waals surface area contributed by atoms with Crippen LogP contribution < -0.4 is 15.2 Å². The number of anilines is 1. The van der Waals surface area contributed by atoms with Gasteiger partial charge in [-0.15, -0.1) is 0 Å². The molecule has 0 fully saturated rings. The molecule has 1 aromatic heterocycles. The van der Waals surface area contributed by atoms with Gasteiger partial charge in [0.25, 0.3) is 0 Å². The third-order valence-corrected chi connectivity index (χ3v) is 2.43. The molecule has 0 aliphatic rings. The summed E-state index contributed by atoms with van der Waals surface area (Å²) in [5.41, 5.74) is 4.42. The second kappa shape index (κ2) is 5.28. The molecule has 20 heavy (non-hydrogen) atoms. The summed E-state index contributed by atoms with van der Waals surface area (Å²) in [6, 6.07) is 7.84. The second-order valence-corrected chi connectivity index (χ2v) is 3.87. The van der Waals surface area contributed by atoms with Gasteiger partial charge in [-0.2, -0.15) is 18.2 Å². The normalized spacial score (nSPS) is 11.2. The Morgan fingerprint density at radius 3 is 2.45 bits per heavy atom. The summed E-state index contributed by atoms with van der Waals surface area (Å²) in [5.74, 6) is -0.126. The van der Waals surface area contributed by atoms with Crippen molar-refractivity contribution in [2.24, 2.45) is 0 Å². The molecule has 0 aliphatic carbocycles. The highest BCUT2D eigenvalue weighted by Crippen LogP contribution is 2.39. The van der Waals surface area contributed by atoms with Crippen molar-refractivity contribution < 1.29 is 22.6 Å². The lowest BCUT2D eigenvalue weighted by molar-refractivity contribution is -0.138. The monoisotopic (exact) mass is 284 g/mol. The summed E-state index contributed by atoms with van der Waals surface area (Å²) >= 11 is 0. The van der Waals surface area contributed by atoms with Crippen LogP contribution in [0.2, 0.25) is 0 Å². The van der Waals surface area contributed by atoms with Gasteiger partial charge in [0.05, 0.1) is 7.11 Å². The van der Waals surface area contributed by atoms with Crippen LogP contribution in [0.1, 0.15) is 5.56 Å². The molecule has 0 bridgehead atoms. The molecule has 106 valence electrons. The SMILES string of the molecule is COc1cccc(Oc2ccc(N)cc2C(F)(F)F)n1. The number of nitrogens with zero attached hydrogens (tertiary/aromatic N) is 1. The van der Waals surface area contributed by atoms with Crippen molar-refractivity contribution in [1.29, 1.82) is 0 Å². The number of methoxy groups -OCH3 is 1. The van der Waals surface area contributed by atoms with Gasteiger partial charge in [0.1, 0.15) is 11.3 Å². The van der Waals surface area contributed by atoms with Crippen LogP contribution >= 0.6 is 0 Å². The number of ether oxygens (including phenoxy) is 2. The molecule has 0 aliphatic heterocycles. The lowest BCUT2D eigenvalue weighted by Crippen LogP contribution is -2.08. The Morgan fingerprint density at radius 2 is 1.80 bits per heavy atom. The van der Waals surface area contributed by atoms with Crippen molar-refractivity contribution in [3.05, 3.63) is 42.0 Å². The predicted octanol–water partition coefficient (Wildman–Crippen LogP) is 3.48. The number of halogens is 3. The van der Waals surface area contributed by atoms with Crippen molar-refractivity contribution in [2.75, 3.05) is 12.8 Å². The largest absolute Gasteiger partial charge is 0.481 e. The number of nitrogens with two attached hydrogens (primary N) is 1. The molecule has 2 N–H and O–H groups in total. The van der Waals surface area contributed by atoms with Crippen molar-refractivity contribution in [3.8, 4) is 17.5 Å². The maximum Gasteiger partial charge on any atom is 0.420 e. The van der Waals surface area contributed by atoms with Crippen LogP contribution in [0.5, 0.6) is 17.5 Å². The van der Waals surface area contributed by atoms with E-state index in [0.29, 0.717) is 0 Å². The highest BCUT2D eigenvalue weighted by Gasteiger charge is 2.34. The molecule has 7 heteroatoms. The van der Waals surface area contributed by atoms with E-state index in [2.05, 4.69) is 4.98 Å². The minimum Gasteiger partial charge on any atom is -0.481 e. The third-order valence-electron chi connectivity index (χ3n) is 2.43. The summed E-state index contributed by atoms with van der Waals surface area (Å²) in [4.78, 5) is 3.89. The molecule has 0 radical (unpaired) electrons. The number of rotatable bonds is 3. The average molecular weight is 284 g/mol. The van der Waals surface area contributed by atoms with Crippen LogP contribution in [0.25, 0.3) is 0 Å². The molecule has 2 rings (SSSR count). The van der Waals surface area contributed by atoms with Crippen LogP contribution in [0.4, 0.5) is 18.9 Å². The zero-order chi connectivity index (χ0) is 14.8. The van der Waals surface area contributed by atoms with Gasteiger partial charge in [-0.25, -0.2) is 0 Å². The number of hydrogen-bond acceptors (Lipinski definition) is 4. The van der Waals surface area contributed by atoms with Gasteiger partial charge < -0.3 is 15.2 Å². The van der Waals surface area contributed by atoms with Crippen molar-refractivity contribution in [3.63, 3.8) is 0 Å². The van der Waals surface area contributed by atoms with Gasteiger partial charge in [-0.05, 0) is 18.2 Å². The van der Waals surface area contributed by atoms with Gasteiger partial charge >= 0.3 is 6.18 Å². The molecule has 4 nitrogen and oxygen atoms in total. The zero-order valence-electron chi connectivity index (χ0n) is 10.4. The topological polar surface area (TPSA) is 57.4 Å². The standard InChI is InChI=1S/C13H11F3N2O2/c1-19-11-3-2-4-12(18-11)20-10-6-5-8(17)7-9(10)13(14,15)16/h2-7H,17H2,1H3. The Hall–Kier alpha value is -2.44. The van der Waals surface area contributed by atoms with Gasteiger partial charge in [0, 0.05) is 17.8 Å². The number of benzene rings is 1. The van der Waals surface area contributed by atoms with Crippen molar-refractivity contribution >= 4 is 5.69 Å². The number of hydrogen-bond donors (Lipinski definition) is 1. The Morgan fingerprint density at radius 1 is 1.10 bits per heavy atom. The van der Waals surface area contributed by atoms with E-state index in [9.17, 15) is 13.2 Å². The van der Waals surface area contributed by atoms with Crippen LogP contribution in [-0.2, 0) is 6.18 Å². The Labute approximate surface area is 113 Å². The molecule has 0 spiro atoms. The molecule has 0 amide bonds. The summed E-state index contributed by atoms with van der Waals surface area (Å²) in [7, 11) is 1.40. The number of aromatic nitrogens is 1. The molecule has 2 aromatic rings. The number of pyridine rings is 1. The van der Waals surface area contributed by atoms with Gasteiger partial charge in [0.2, 0.25) is 11.8 Å². The molecule has 0 saturated carbocycles. The maximum absolute atomic E-state index is 12.9. The van der Waals surface area contributed by atoms with Crippen LogP contribution in [0, 0.1) is 0 Å². The van der Waals surface area contributed by atoms with E-state index in [0.717, 1.165) is 12.1 Å². The predicted molar refractivity (Wildman–Crippen MR) is 66.7 cm³/mol. The second-order valence-electron chi connectivity index (χ2n) is 3.87. The fourth-order valence-electron chi connectivity index (χ4n) is 1.54. The van der Waals surface area contributed by atoms with Crippen molar-refractivity contribution in [1.82, 2.24) is 4.98 Å².